The fourth-order valence-electron chi connectivity index (χ4n) is 2.64. The number of carbonyl (C=O) groups is 1. The molecule has 0 aliphatic heterocycles. The van der Waals surface area contributed by atoms with Crippen molar-refractivity contribution in [2.75, 3.05) is 0 Å². The van der Waals surface area contributed by atoms with E-state index in [1.165, 1.54) is 0 Å². The first-order chi connectivity index (χ1) is 9.84. The van der Waals surface area contributed by atoms with Crippen LogP contribution in [-0.2, 0) is 0 Å². The normalized spacial score (nSPS) is 25.4. The predicted molar refractivity (Wildman–Crippen MR) is 81.0 cm³/mol. The standard InChI is InChI=1S/C15H18F2N2OS/c1-9-4-6-15(7-5-9,14(18)21)19-13(20)11-8-10(16)2-3-12(11)17/h2-3,8-9H,4-7H2,1H3,(H2,18,21)(H,19,20). The van der Waals surface area contributed by atoms with Gasteiger partial charge >= 0.3 is 0 Å². The minimum atomic E-state index is -0.808. The molecule has 114 valence electrons. The Morgan fingerprint density at radius 1 is 1.38 bits per heavy atom. The Morgan fingerprint density at radius 2 is 2.00 bits per heavy atom. The number of nitrogens with two attached hydrogens (primary N) is 1. The molecule has 1 amide bonds. The van der Waals surface area contributed by atoms with Gasteiger partial charge in [0.15, 0.2) is 0 Å². The maximum Gasteiger partial charge on any atom is 0.255 e. The van der Waals surface area contributed by atoms with Gasteiger partial charge in [-0.2, -0.15) is 0 Å². The first-order valence-corrected chi connectivity index (χ1v) is 7.32. The minimum Gasteiger partial charge on any atom is -0.391 e. The minimum absolute atomic E-state index is 0.194. The zero-order chi connectivity index (χ0) is 15.6. The number of carbonyl (C=O) groups excluding carboxylic acids is 1. The van der Waals surface area contributed by atoms with Crippen molar-refractivity contribution < 1.29 is 13.6 Å². The predicted octanol–water partition coefficient (Wildman–Crippen LogP) is 2.93. The van der Waals surface area contributed by atoms with Crippen molar-refractivity contribution in [1.29, 1.82) is 0 Å². The lowest BCUT2D eigenvalue weighted by atomic mass is 9.77. The highest BCUT2D eigenvalue weighted by Crippen LogP contribution is 2.32. The van der Waals surface area contributed by atoms with E-state index in [0.717, 1.165) is 31.0 Å². The van der Waals surface area contributed by atoms with Crippen LogP contribution in [0.2, 0.25) is 0 Å². The second kappa shape index (κ2) is 6.05. The van der Waals surface area contributed by atoms with Crippen LogP contribution in [0, 0.1) is 17.6 Å². The zero-order valence-corrected chi connectivity index (χ0v) is 12.6. The Labute approximate surface area is 127 Å². The molecule has 1 aliphatic rings. The van der Waals surface area contributed by atoms with Crippen LogP contribution in [0.25, 0.3) is 0 Å². The molecule has 0 spiro atoms. The Kier molecular flexibility index (Phi) is 4.56. The topological polar surface area (TPSA) is 55.1 Å². The Bertz CT molecular complexity index is 569. The smallest absolute Gasteiger partial charge is 0.255 e. The van der Waals surface area contributed by atoms with E-state index < -0.39 is 23.1 Å². The van der Waals surface area contributed by atoms with Crippen LogP contribution in [0.15, 0.2) is 18.2 Å². The second-order valence-corrected chi connectivity index (χ2v) is 6.15. The van der Waals surface area contributed by atoms with Crippen molar-refractivity contribution in [3.05, 3.63) is 35.4 Å². The molecule has 1 saturated carbocycles. The van der Waals surface area contributed by atoms with E-state index in [2.05, 4.69) is 12.2 Å². The average Bonchev–Trinajstić information content (AvgIpc) is 2.44. The van der Waals surface area contributed by atoms with Gasteiger partial charge in [-0.3, -0.25) is 4.79 Å². The van der Waals surface area contributed by atoms with E-state index in [4.69, 9.17) is 18.0 Å². The summed E-state index contributed by atoms with van der Waals surface area (Å²) in [5.41, 5.74) is 4.65. The molecule has 0 radical (unpaired) electrons. The van der Waals surface area contributed by atoms with Crippen molar-refractivity contribution in [1.82, 2.24) is 5.32 Å². The Hall–Kier alpha value is -1.56. The van der Waals surface area contributed by atoms with Crippen LogP contribution in [-0.4, -0.2) is 16.4 Å². The third-order valence-electron chi connectivity index (χ3n) is 4.13. The number of rotatable bonds is 3. The molecule has 0 bridgehead atoms. The van der Waals surface area contributed by atoms with Gasteiger partial charge in [0.25, 0.3) is 5.91 Å². The molecule has 0 saturated heterocycles. The lowest BCUT2D eigenvalue weighted by molar-refractivity contribution is 0.0896. The van der Waals surface area contributed by atoms with Crippen molar-refractivity contribution in [2.24, 2.45) is 11.7 Å². The molecule has 0 aromatic heterocycles. The lowest BCUT2D eigenvalue weighted by Crippen LogP contribution is -2.58. The molecule has 1 aromatic rings. The van der Waals surface area contributed by atoms with Crippen LogP contribution in [0.1, 0.15) is 43.0 Å². The van der Waals surface area contributed by atoms with Crippen molar-refractivity contribution in [2.45, 2.75) is 38.1 Å². The van der Waals surface area contributed by atoms with Crippen LogP contribution >= 0.6 is 12.2 Å². The van der Waals surface area contributed by atoms with E-state index in [-0.39, 0.29) is 10.6 Å². The zero-order valence-electron chi connectivity index (χ0n) is 11.8. The fourth-order valence-corrected chi connectivity index (χ4v) is 2.90. The molecule has 2 rings (SSSR count). The van der Waals surface area contributed by atoms with Crippen LogP contribution in [0.3, 0.4) is 0 Å². The summed E-state index contributed by atoms with van der Waals surface area (Å²) in [7, 11) is 0. The largest absolute Gasteiger partial charge is 0.391 e. The number of amides is 1. The SMILES string of the molecule is CC1CCC(NC(=O)c2cc(F)ccc2F)(C(N)=S)CC1. The number of hydrogen-bond donors (Lipinski definition) is 2. The van der Waals surface area contributed by atoms with E-state index >= 15 is 0 Å². The molecule has 6 heteroatoms. The molecule has 3 nitrogen and oxygen atoms in total. The number of hydrogen-bond acceptors (Lipinski definition) is 2. The highest BCUT2D eigenvalue weighted by Gasteiger charge is 2.38. The Morgan fingerprint density at radius 3 is 2.57 bits per heavy atom. The van der Waals surface area contributed by atoms with Gasteiger partial charge in [-0.1, -0.05) is 19.1 Å². The summed E-state index contributed by atoms with van der Waals surface area (Å²) < 4.78 is 26.9. The first kappa shape index (κ1) is 15.8. The highest BCUT2D eigenvalue weighted by molar-refractivity contribution is 7.80. The van der Waals surface area contributed by atoms with Crippen molar-refractivity contribution in [3.8, 4) is 0 Å². The van der Waals surface area contributed by atoms with E-state index in [1.54, 1.807) is 0 Å². The van der Waals surface area contributed by atoms with Gasteiger partial charge in [-0.15, -0.1) is 0 Å². The number of halogens is 2. The second-order valence-electron chi connectivity index (χ2n) is 5.71. The summed E-state index contributed by atoms with van der Waals surface area (Å²) in [6.45, 7) is 2.12. The summed E-state index contributed by atoms with van der Waals surface area (Å²) in [6, 6.07) is 2.78. The van der Waals surface area contributed by atoms with Gasteiger partial charge in [0, 0.05) is 0 Å². The van der Waals surface area contributed by atoms with Gasteiger partial charge in [0.1, 0.15) is 11.6 Å². The highest BCUT2D eigenvalue weighted by atomic mass is 32.1. The third-order valence-corrected chi connectivity index (χ3v) is 4.52. The molecule has 3 N–H and O–H groups in total. The number of thiocarbonyl (C=S) groups is 1. The average molecular weight is 312 g/mol. The van der Waals surface area contributed by atoms with Crippen LogP contribution in [0.4, 0.5) is 8.78 Å². The van der Waals surface area contributed by atoms with Crippen LogP contribution < -0.4 is 11.1 Å². The monoisotopic (exact) mass is 312 g/mol. The van der Waals surface area contributed by atoms with E-state index in [0.29, 0.717) is 18.8 Å². The molecule has 21 heavy (non-hydrogen) atoms. The maximum atomic E-state index is 13.7. The Balaban J connectivity index is 2.23. The van der Waals surface area contributed by atoms with Crippen molar-refractivity contribution in [3.63, 3.8) is 0 Å². The van der Waals surface area contributed by atoms with E-state index in [9.17, 15) is 13.6 Å². The molecule has 1 fully saturated rings. The quantitative estimate of drug-likeness (QED) is 0.844. The molecular formula is C15H18F2N2OS. The molecule has 1 aliphatic carbocycles. The number of nitrogens with one attached hydrogen (secondary N) is 1. The third kappa shape index (κ3) is 3.37. The summed E-state index contributed by atoms with van der Waals surface area (Å²) in [5.74, 6) is -1.58. The van der Waals surface area contributed by atoms with Gasteiger partial charge < -0.3 is 11.1 Å². The van der Waals surface area contributed by atoms with Gasteiger partial charge in [-0.05, 0) is 49.8 Å². The van der Waals surface area contributed by atoms with Gasteiger partial charge in [0.2, 0.25) is 0 Å². The fraction of sp³-hybridized carbons (Fsp3) is 0.467. The van der Waals surface area contributed by atoms with E-state index in [1.807, 2.05) is 0 Å². The molecule has 0 atom stereocenters. The molecular weight excluding hydrogens is 294 g/mol. The van der Waals surface area contributed by atoms with Gasteiger partial charge in [0.05, 0.1) is 16.1 Å². The molecule has 0 unspecified atom stereocenters. The van der Waals surface area contributed by atoms with Crippen LogP contribution in [0.5, 0.6) is 0 Å². The maximum absolute atomic E-state index is 13.7. The number of benzene rings is 1. The van der Waals surface area contributed by atoms with Gasteiger partial charge in [-0.25, -0.2) is 8.78 Å². The van der Waals surface area contributed by atoms with Crippen molar-refractivity contribution >= 4 is 23.1 Å². The first-order valence-electron chi connectivity index (χ1n) is 6.91. The molecule has 0 heterocycles. The summed E-state index contributed by atoms with van der Waals surface area (Å²) in [4.78, 5) is 12.4. The lowest BCUT2D eigenvalue weighted by Gasteiger charge is -2.39. The summed E-state index contributed by atoms with van der Waals surface area (Å²) in [6.07, 6.45) is 2.99. The summed E-state index contributed by atoms with van der Waals surface area (Å²) in [5, 5.41) is 2.72. The summed E-state index contributed by atoms with van der Waals surface area (Å²) >= 11 is 5.09. The molecule has 1 aromatic carbocycles.